The van der Waals surface area contributed by atoms with Crippen molar-refractivity contribution in [3.8, 4) is 0 Å². The third-order valence-electron chi connectivity index (χ3n) is 0.822. The number of rotatable bonds is 2. The largest absolute Gasteiger partial charge is 0.352 e. The molecule has 0 heterocycles. The molecule has 0 saturated carbocycles. The van der Waals surface area contributed by atoms with Crippen LogP contribution in [0.1, 0.15) is 13.3 Å². The molecule has 0 aliphatic rings. The lowest BCUT2D eigenvalue weighted by atomic mass is 10.3. The molecule has 0 spiro atoms. The Morgan fingerprint density at radius 2 is 2.50 bits per heavy atom. The summed E-state index contributed by atoms with van der Waals surface area (Å²) in [7, 11) is 0. The van der Waals surface area contributed by atoms with E-state index in [1.165, 1.54) is 0 Å². The Hall–Kier alpha value is -0.730. The van der Waals surface area contributed by atoms with Gasteiger partial charge in [0, 0.05) is 6.04 Å². The summed E-state index contributed by atoms with van der Waals surface area (Å²) in [6, 6.07) is -0.395. The number of carbonyl (C=O) groups excluding carboxylic acids is 1. The van der Waals surface area contributed by atoms with E-state index in [4.69, 9.17) is 5.73 Å². The molecule has 0 aromatic heterocycles. The average Bonchev–Trinajstić information content (AvgIpc) is 1.65. The molecule has 0 rings (SSSR count). The second-order valence-electron chi connectivity index (χ2n) is 1.70. The minimum atomic E-state index is -0.485. The second-order valence-corrected chi connectivity index (χ2v) is 1.70. The summed E-state index contributed by atoms with van der Waals surface area (Å²) in [5, 5.41) is 2.47. The van der Waals surface area contributed by atoms with Gasteiger partial charge in [0.05, 0.1) is 0 Å². The summed E-state index contributed by atoms with van der Waals surface area (Å²) in [6.45, 7) is 5.41. The van der Waals surface area contributed by atoms with Gasteiger partial charge in [-0.3, -0.25) is 0 Å². The molecule has 0 aromatic carbocycles. The standard InChI is InChI=1S/C5H11N2O/c1-3-4(2)7-5(6)8/h4H,1,3H2,2H3,(H3,6,7,8). The maximum atomic E-state index is 10.1. The van der Waals surface area contributed by atoms with Crippen molar-refractivity contribution in [2.45, 2.75) is 19.4 Å². The van der Waals surface area contributed by atoms with Crippen molar-refractivity contribution in [2.24, 2.45) is 5.73 Å². The zero-order valence-electron chi connectivity index (χ0n) is 4.98. The molecule has 8 heavy (non-hydrogen) atoms. The predicted molar refractivity (Wildman–Crippen MR) is 32.2 cm³/mol. The number of hydrogen-bond acceptors (Lipinski definition) is 1. The van der Waals surface area contributed by atoms with Crippen molar-refractivity contribution in [1.82, 2.24) is 5.32 Å². The first kappa shape index (κ1) is 7.27. The normalized spacial score (nSPS) is 12.8. The summed E-state index contributed by atoms with van der Waals surface area (Å²) >= 11 is 0. The Kier molecular flexibility index (Phi) is 2.99. The molecule has 0 fully saturated rings. The lowest BCUT2D eigenvalue weighted by Crippen LogP contribution is -2.36. The molecular formula is C5H11N2O. The van der Waals surface area contributed by atoms with Crippen molar-refractivity contribution < 1.29 is 4.79 Å². The van der Waals surface area contributed by atoms with Crippen LogP contribution < -0.4 is 11.1 Å². The Morgan fingerprint density at radius 3 is 2.62 bits per heavy atom. The van der Waals surface area contributed by atoms with E-state index in [1.807, 2.05) is 6.92 Å². The van der Waals surface area contributed by atoms with Crippen molar-refractivity contribution in [3.05, 3.63) is 6.92 Å². The van der Waals surface area contributed by atoms with E-state index in [1.54, 1.807) is 0 Å². The summed E-state index contributed by atoms with van der Waals surface area (Å²) in [4.78, 5) is 10.1. The van der Waals surface area contributed by atoms with Gasteiger partial charge >= 0.3 is 6.03 Å². The van der Waals surface area contributed by atoms with Crippen LogP contribution in [0, 0.1) is 6.92 Å². The number of carbonyl (C=O) groups is 1. The number of hydrogen-bond donors (Lipinski definition) is 2. The minimum absolute atomic E-state index is 0.0903. The molecule has 0 bridgehead atoms. The molecule has 1 unspecified atom stereocenters. The SMILES string of the molecule is [CH2]CC(C)NC(N)=O. The molecule has 1 atom stereocenters. The monoisotopic (exact) mass is 115 g/mol. The third kappa shape index (κ3) is 3.46. The maximum absolute atomic E-state index is 10.1. The summed E-state index contributed by atoms with van der Waals surface area (Å²) in [5.41, 5.74) is 4.79. The molecule has 47 valence electrons. The summed E-state index contributed by atoms with van der Waals surface area (Å²) in [5.74, 6) is 0. The Labute approximate surface area is 49.3 Å². The number of nitrogens with one attached hydrogen (secondary N) is 1. The second kappa shape index (κ2) is 3.29. The van der Waals surface area contributed by atoms with Crippen LogP contribution in [0.4, 0.5) is 4.79 Å². The highest BCUT2D eigenvalue weighted by Gasteiger charge is 1.97. The number of nitrogens with two attached hydrogens (primary N) is 1. The van der Waals surface area contributed by atoms with E-state index in [2.05, 4.69) is 12.2 Å². The van der Waals surface area contributed by atoms with Crippen molar-refractivity contribution in [1.29, 1.82) is 0 Å². The zero-order chi connectivity index (χ0) is 6.57. The van der Waals surface area contributed by atoms with Crippen molar-refractivity contribution in [2.75, 3.05) is 0 Å². The smallest absolute Gasteiger partial charge is 0.312 e. The fourth-order valence-corrected chi connectivity index (χ4v) is 0.315. The van der Waals surface area contributed by atoms with Gasteiger partial charge in [-0.1, -0.05) is 6.92 Å². The molecule has 0 aliphatic carbocycles. The molecule has 0 saturated heterocycles. The third-order valence-corrected chi connectivity index (χ3v) is 0.822. The van der Waals surface area contributed by atoms with Gasteiger partial charge in [0.2, 0.25) is 0 Å². The first-order valence-corrected chi connectivity index (χ1v) is 2.52. The van der Waals surface area contributed by atoms with E-state index < -0.39 is 6.03 Å². The summed E-state index contributed by atoms with van der Waals surface area (Å²) < 4.78 is 0. The van der Waals surface area contributed by atoms with E-state index in [0.717, 1.165) is 0 Å². The van der Waals surface area contributed by atoms with Crippen LogP contribution in [0.5, 0.6) is 0 Å². The first-order chi connectivity index (χ1) is 3.66. The van der Waals surface area contributed by atoms with E-state index >= 15 is 0 Å². The molecule has 2 amide bonds. The number of urea groups is 1. The fourth-order valence-electron chi connectivity index (χ4n) is 0.315. The maximum Gasteiger partial charge on any atom is 0.312 e. The molecule has 3 N–H and O–H groups in total. The van der Waals surface area contributed by atoms with Crippen LogP contribution >= 0.6 is 0 Å². The highest BCUT2D eigenvalue weighted by Crippen LogP contribution is 1.84. The zero-order valence-corrected chi connectivity index (χ0v) is 4.98. The van der Waals surface area contributed by atoms with Gasteiger partial charge < -0.3 is 11.1 Å². The van der Waals surface area contributed by atoms with Crippen LogP contribution in [0.2, 0.25) is 0 Å². The molecule has 0 aliphatic heterocycles. The highest BCUT2D eigenvalue weighted by molar-refractivity contribution is 5.71. The van der Waals surface area contributed by atoms with Gasteiger partial charge in [-0.05, 0) is 13.3 Å². The van der Waals surface area contributed by atoms with Crippen LogP contribution in [0.15, 0.2) is 0 Å². The van der Waals surface area contributed by atoms with Gasteiger partial charge in [0.25, 0.3) is 0 Å². The van der Waals surface area contributed by atoms with E-state index in [-0.39, 0.29) is 6.04 Å². The number of primary amides is 1. The predicted octanol–water partition coefficient (Wildman–Crippen LogP) is 0.267. The Balaban J connectivity index is 3.24. The minimum Gasteiger partial charge on any atom is -0.352 e. The fraction of sp³-hybridized carbons (Fsp3) is 0.600. The lowest BCUT2D eigenvalue weighted by molar-refractivity contribution is 0.246. The van der Waals surface area contributed by atoms with Gasteiger partial charge in [-0.15, -0.1) is 0 Å². The average molecular weight is 115 g/mol. The van der Waals surface area contributed by atoms with Gasteiger partial charge in [0.15, 0.2) is 0 Å². The van der Waals surface area contributed by atoms with Gasteiger partial charge in [-0.25, -0.2) is 4.79 Å². The number of amides is 2. The Bertz CT molecular complexity index is 82.5. The molecular weight excluding hydrogens is 104 g/mol. The lowest BCUT2D eigenvalue weighted by Gasteiger charge is -2.06. The van der Waals surface area contributed by atoms with E-state index in [9.17, 15) is 4.79 Å². The Morgan fingerprint density at radius 1 is 2.00 bits per heavy atom. The highest BCUT2D eigenvalue weighted by atomic mass is 16.2. The first-order valence-electron chi connectivity index (χ1n) is 2.52. The van der Waals surface area contributed by atoms with Crippen LogP contribution in [0.25, 0.3) is 0 Å². The topological polar surface area (TPSA) is 55.1 Å². The quantitative estimate of drug-likeness (QED) is 0.533. The van der Waals surface area contributed by atoms with Crippen molar-refractivity contribution >= 4 is 6.03 Å². The molecule has 0 aromatic rings. The van der Waals surface area contributed by atoms with Crippen molar-refractivity contribution in [3.63, 3.8) is 0 Å². The van der Waals surface area contributed by atoms with Crippen LogP contribution in [-0.4, -0.2) is 12.1 Å². The molecule has 3 heteroatoms. The molecule has 3 nitrogen and oxygen atoms in total. The van der Waals surface area contributed by atoms with Crippen LogP contribution in [0.3, 0.4) is 0 Å². The van der Waals surface area contributed by atoms with Gasteiger partial charge in [-0.2, -0.15) is 0 Å². The summed E-state index contributed by atoms with van der Waals surface area (Å²) in [6.07, 6.45) is 0.670. The molecule has 1 radical (unpaired) electrons. The van der Waals surface area contributed by atoms with Gasteiger partial charge in [0.1, 0.15) is 0 Å². The van der Waals surface area contributed by atoms with Crippen LogP contribution in [-0.2, 0) is 0 Å². The van der Waals surface area contributed by atoms with E-state index in [0.29, 0.717) is 6.42 Å².